The first-order valence-electron chi connectivity index (χ1n) is 4.56. The van der Waals surface area contributed by atoms with Crippen LogP contribution in [0.1, 0.15) is 11.1 Å². The molecule has 17 heavy (non-hydrogen) atoms. The predicted molar refractivity (Wildman–Crippen MR) is 50.7 cm³/mol. The molecule has 7 heteroatoms. The summed E-state index contributed by atoms with van der Waals surface area (Å²) in [6, 6.07) is 0.377. The smallest absolute Gasteiger partial charge is 0.416 e. The van der Waals surface area contributed by atoms with E-state index in [1.165, 1.54) is 0 Å². The van der Waals surface area contributed by atoms with Gasteiger partial charge in [-0.2, -0.15) is 13.2 Å². The van der Waals surface area contributed by atoms with E-state index in [0.29, 0.717) is 18.2 Å². The van der Waals surface area contributed by atoms with E-state index in [4.69, 9.17) is 10.8 Å². The van der Waals surface area contributed by atoms with Crippen molar-refractivity contribution in [1.29, 1.82) is 0 Å². The van der Waals surface area contributed by atoms with Gasteiger partial charge < -0.3 is 10.8 Å². The SMILES string of the molecule is N[C@@H](Cc1cc(F)ccc1C(F)(F)F)C(=O)O. The lowest BCUT2D eigenvalue weighted by Gasteiger charge is -2.14. The minimum absolute atomic E-state index is 0.465. The van der Waals surface area contributed by atoms with Crippen LogP contribution in [0, 0.1) is 5.82 Å². The number of hydrogen-bond donors (Lipinski definition) is 2. The average Bonchev–Trinajstić information content (AvgIpc) is 2.15. The second-order valence-corrected chi connectivity index (χ2v) is 3.45. The van der Waals surface area contributed by atoms with Crippen LogP contribution in [-0.2, 0) is 17.4 Å². The highest BCUT2D eigenvalue weighted by molar-refractivity contribution is 5.73. The lowest BCUT2D eigenvalue weighted by atomic mass is 10.00. The van der Waals surface area contributed by atoms with Gasteiger partial charge in [0.15, 0.2) is 0 Å². The number of carboxylic acid groups (broad SMARTS) is 1. The van der Waals surface area contributed by atoms with Gasteiger partial charge in [-0.3, -0.25) is 4.79 Å². The second kappa shape index (κ2) is 4.70. The first kappa shape index (κ1) is 13.4. The molecule has 0 radical (unpaired) electrons. The van der Waals surface area contributed by atoms with E-state index >= 15 is 0 Å². The van der Waals surface area contributed by atoms with Crippen LogP contribution in [0.3, 0.4) is 0 Å². The molecule has 0 aliphatic carbocycles. The molecule has 0 saturated carbocycles. The largest absolute Gasteiger partial charge is 0.480 e. The van der Waals surface area contributed by atoms with Crippen LogP contribution < -0.4 is 5.73 Å². The molecule has 1 atom stereocenters. The highest BCUT2D eigenvalue weighted by atomic mass is 19.4. The summed E-state index contributed by atoms with van der Waals surface area (Å²) in [6.45, 7) is 0. The van der Waals surface area contributed by atoms with Crippen LogP contribution in [0.4, 0.5) is 17.6 Å². The molecule has 1 aromatic carbocycles. The van der Waals surface area contributed by atoms with Gasteiger partial charge >= 0.3 is 12.1 Å². The topological polar surface area (TPSA) is 63.3 Å². The number of halogens is 4. The zero-order valence-corrected chi connectivity index (χ0v) is 8.46. The predicted octanol–water partition coefficient (Wildman–Crippen LogP) is 1.80. The van der Waals surface area contributed by atoms with E-state index in [-0.39, 0.29) is 0 Å². The van der Waals surface area contributed by atoms with Crippen molar-refractivity contribution in [2.24, 2.45) is 5.73 Å². The average molecular weight is 251 g/mol. The molecule has 1 rings (SSSR count). The highest BCUT2D eigenvalue weighted by Crippen LogP contribution is 2.32. The fourth-order valence-electron chi connectivity index (χ4n) is 1.33. The van der Waals surface area contributed by atoms with Gasteiger partial charge in [0.05, 0.1) is 5.56 Å². The lowest BCUT2D eigenvalue weighted by molar-refractivity contribution is -0.140. The second-order valence-electron chi connectivity index (χ2n) is 3.45. The molecule has 94 valence electrons. The van der Waals surface area contributed by atoms with Crippen molar-refractivity contribution in [3.8, 4) is 0 Å². The van der Waals surface area contributed by atoms with Crippen molar-refractivity contribution in [1.82, 2.24) is 0 Å². The minimum Gasteiger partial charge on any atom is -0.480 e. The maximum absolute atomic E-state index is 12.8. The Balaban J connectivity index is 3.12. The summed E-state index contributed by atoms with van der Waals surface area (Å²) in [6.07, 6.45) is -5.25. The van der Waals surface area contributed by atoms with E-state index in [1.54, 1.807) is 0 Å². The molecule has 0 aromatic heterocycles. The van der Waals surface area contributed by atoms with Gasteiger partial charge in [0, 0.05) is 0 Å². The van der Waals surface area contributed by atoms with E-state index in [9.17, 15) is 22.4 Å². The third kappa shape index (κ3) is 3.42. The number of carbonyl (C=O) groups is 1. The number of alkyl halides is 3. The summed E-state index contributed by atoms with van der Waals surface area (Å²) in [7, 11) is 0. The van der Waals surface area contributed by atoms with Gasteiger partial charge in [-0.15, -0.1) is 0 Å². The monoisotopic (exact) mass is 251 g/mol. The van der Waals surface area contributed by atoms with Gasteiger partial charge in [0.25, 0.3) is 0 Å². The van der Waals surface area contributed by atoms with Crippen LogP contribution in [0.2, 0.25) is 0 Å². The van der Waals surface area contributed by atoms with Gasteiger partial charge in [-0.05, 0) is 30.2 Å². The van der Waals surface area contributed by atoms with Crippen molar-refractivity contribution >= 4 is 5.97 Å². The van der Waals surface area contributed by atoms with Crippen LogP contribution in [0.15, 0.2) is 18.2 Å². The van der Waals surface area contributed by atoms with Crippen molar-refractivity contribution < 1.29 is 27.5 Å². The zero-order chi connectivity index (χ0) is 13.2. The molecule has 0 fully saturated rings. The molecule has 0 bridgehead atoms. The Morgan fingerprint density at radius 2 is 2.00 bits per heavy atom. The Labute approximate surface area is 93.8 Å². The molecule has 3 nitrogen and oxygen atoms in total. The van der Waals surface area contributed by atoms with E-state index in [2.05, 4.69) is 0 Å². The number of benzene rings is 1. The summed E-state index contributed by atoms with van der Waals surface area (Å²) >= 11 is 0. The third-order valence-corrected chi connectivity index (χ3v) is 2.13. The van der Waals surface area contributed by atoms with Crippen molar-refractivity contribution in [2.45, 2.75) is 18.6 Å². The lowest BCUT2D eigenvalue weighted by Crippen LogP contribution is -2.33. The molecule has 3 N–H and O–H groups in total. The van der Waals surface area contributed by atoms with Gasteiger partial charge in [-0.25, -0.2) is 4.39 Å². The minimum atomic E-state index is -4.67. The molecule has 0 aliphatic rings. The van der Waals surface area contributed by atoms with Crippen LogP contribution in [0.5, 0.6) is 0 Å². The van der Waals surface area contributed by atoms with Crippen LogP contribution >= 0.6 is 0 Å². The molecule has 0 amide bonds. The summed E-state index contributed by atoms with van der Waals surface area (Å²) in [5.41, 5.74) is 3.58. The Kier molecular flexibility index (Phi) is 3.72. The Morgan fingerprint density at radius 3 is 2.47 bits per heavy atom. The van der Waals surface area contributed by atoms with Crippen LogP contribution in [0.25, 0.3) is 0 Å². The van der Waals surface area contributed by atoms with E-state index < -0.39 is 41.6 Å². The number of carboxylic acids is 1. The molecule has 0 spiro atoms. The van der Waals surface area contributed by atoms with Crippen molar-refractivity contribution in [3.05, 3.63) is 35.1 Å². The fraction of sp³-hybridized carbons (Fsp3) is 0.300. The summed E-state index contributed by atoms with van der Waals surface area (Å²) < 4.78 is 50.4. The van der Waals surface area contributed by atoms with Crippen LogP contribution in [-0.4, -0.2) is 17.1 Å². The highest BCUT2D eigenvalue weighted by Gasteiger charge is 2.34. The van der Waals surface area contributed by atoms with Crippen molar-refractivity contribution in [2.75, 3.05) is 0 Å². The molecule has 0 heterocycles. The van der Waals surface area contributed by atoms with Gasteiger partial charge in [0.1, 0.15) is 11.9 Å². The van der Waals surface area contributed by atoms with Gasteiger partial charge in [0.2, 0.25) is 0 Å². The summed E-state index contributed by atoms with van der Waals surface area (Å²) in [5.74, 6) is -2.31. The Bertz CT molecular complexity index is 431. The zero-order valence-electron chi connectivity index (χ0n) is 8.46. The number of nitrogens with two attached hydrogens (primary N) is 1. The molecule has 0 saturated heterocycles. The fourth-order valence-corrected chi connectivity index (χ4v) is 1.33. The first-order chi connectivity index (χ1) is 7.71. The molecular weight excluding hydrogens is 242 g/mol. The molecule has 0 aliphatic heterocycles. The van der Waals surface area contributed by atoms with E-state index in [1.807, 2.05) is 0 Å². The normalized spacial score (nSPS) is 13.5. The number of aliphatic carboxylic acids is 1. The Hall–Kier alpha value is -1.63. The number of hydrogen-bond acceptors (Lipinski definition) is 2. The first-order valence-corrected chi connectivity index (χ1v) is 4.56. The molecule has 1 aromatic rings. The summed E-state index contributed by atoms with van der Waals surface area (Å²) in [5, 5.41) is 8.51. The molecular formula is C10H9F4NO2. The number of rotatable bonds is 3. The standard InChI is InChI=1S/C10H9F4NO2/c11-6-1-2-7(10(12,13)14)5(3-6)4-8(15)9(16)17/h1-3,8H,4,15H2,(H,16,17)/t8-/m0/s1. The third-order valence-electron chi connectivity index (χ3n) is 2.13. The quantitative estimate of drug-likeness (QED) is 0.805. The maximum atomic E-state index is 12.8. The summed E-state index contributed by atoms with van der Waals surface area (Å²) in [4.78, 5) is 10.4. The van der Waals surface area contributed by atoms with Crippen molar-refractivity contribution in [3.63, 3.8) is 0 Å². The maximum Gasteiger partial charge on any atom is 0.416 e. The van der Waals surface area contributed by atoms with Gasteiger partial charge in [-0.1, -0.05) is 0 Å². The Morgan fingerprint density at radius 1 is 1.41 bits per heavy atom. The molecule has 0 unspecified atom stereocenters. The van der Waals surface area contributed by atoms with E-state index in [0.717, 1.165) is 0 Å².